The summed E-state index contributed by atoms with van der Waals surface area (Å²) in [4.78, 5) is 30.8. The van der Waals surface area contributed by atoms with Crippen molar-refractivity contribution in [2.24, 2.45) is 0 Å². The molecule has 6 nitrogen and oxygen atoms in total. The van der Waals surface area contributed by atoms with Gasteiger partial charge in [0.05, 0.1) is 10.0 Å². The lowest BCUT2D eigenvalue weighted by Gasteiger charge is -2.07. The lowest BCUT2D eigenvalue weighted by Crippen LogP contribution is -2.21. The first-order valence-corrected chi connectivity index (χ1v) is 8.60. The lowest BCUT2D eigenvalue weighted by atomic mass is 10.1. The molecule has 2 N–H and O–H groups in total. The molecule has 2 heterocycles. The number of carbonyl (C=O) groups excluding carboxylic acids is 2. The Labute approximate surface area is 159 Å². The highest BCUT2D eigenvalue weighted by Gasteiger charge is 2.12. The van der Waals surface area contributed by atoms with Crippen LogP contribution in [0.15, 0.2) is 42.7 Å². The molecule has 3 aromatic rings. The van der Waals surface area contributed by atoms with E-state index in [-0.39, 0.29) is 17.3 Å². The van der Waals surface area contributed by atoms with Gasteiger partial charge in [0.1, 0.15) is 0 Å². The standard InChI is InChI=1S/C18H15Cl2N3O3/c19-12-7-14(20)18(22-9-12)23-16(24)10-26-17(25)6-5-11-8-21-15-4-2-1-3-13(11)15/h1-4,7-9,21H,5-6,10H2,(H,22,23,24). The molecule has 0 atom stereocenters. The van der Waals surface area contributed by atoms with Crippen molar-refractivity contribution < 1.29 is 14.3 Å². The third kappa shape index (κ3) is 4.53. The van der Waals surface area contributed by atoms with Crippen molar-refractivity contribution in [2.45, 2.75) is 12.8 Å². The third-order valence-electron chi connectivity index (χ3n) is 3.70. The highest BCUT2D eigenvalue weighted by Crippen LogP contribution is 2.22. The SMILES string of the molecule is O=C(COC(=O)CCc1c[nH]c2ccccc12)Nc1ncc(Cl)cc1Cl. The summed E-state index contributed by atoms with van der Waals surface area (Å²) < 4.78 is 4.99. The van der Waals surface area contributed by atoms with Gasteiger partial charge in [-0.2, -0.15) is 0 Å². The minimum absolute atomic E-state index is 0.163. The minimum Gasteiger partial charge on any atom is -0.456 e. The Bertz CT molecular complexity index is 956. The molecule has 2 aromatic heterocycles. The van der Waals surface area contributed by atoms with Crippen LogP contribution in [-0.2, 0) is 20.7 Å². The molecule has 0 saturated heterocycles. The summed E-state index contributed by atoms with van der Waals surface area (Å²) in [7, 11) is 0. The maximum Gasteiger partial charge on any atom is 0.306 e. The molecule has 26 heavy (non-hydrogen) atoms. The molecule has 0 radical (unpaired) electrons. The molecule has 0 aliphatic rings. The van der Waals surface area contributed by atoms with Crippen molar-refractivity contribution in [1.29, 1.82) is 0 Å². The van der Waals surface area contributed by atoms with E-state index in [2.05, 4.69) is 15.3 Å². The van der Waals surface area contributed by atoms with Crippen LogP contribution in [0.3, 0.4) is 0 Å². The van der Waals surface area contributed by atoms with Gasteiger partial charge in [0.15, 0.2) is 12.4 Å². The third-order valence-corrected chi connectivity index (χ3v) is 4.20. The first kappa shape index (κ1) is 18.2. The van der Waals surface area contributed by atoms with E-state index in [1.54, 1.807) is 0 Å². The number of nitrogens with zero attached hydrogens (tertiary/aromatic N) is 1. The number of aromatic nitrogens is 2. The van der Waals surface area contributed by atoms with Gasteiger partial charge in [0.2, 0.25) is 0 Å². The van der Waals surface area contributed by atoms with Crippen LogP contribution in [0.25, 0.3) is 10.9 Å². The quantitative estimate of drug-likeness (QED) is 0.622. The van der Waals surface area contributed by atoms with Crippen molar-refractivity contribution >= 4 is 51.8 Å². The number of rotatable bonds is 6. The van der Waals surface area contributed by atoms with E-state index in [4.69, 9.17) is 27.9 Å². The molecule has 8 heteroatoms. The van der Waals surface area contributed by atoms with Gasteiger partial charge in [-0.1, -0.05) is 41.4 Å². The zero-order valence-electron chi connectivity index (χ0n) is 13.6. The van der Waals surface area contributed by atoms with Crippen LogP contribution >= 0.6 is 23.2 Å². The van der Waals surface area contributed by atoms with Gasteiger partial charge in [-0.25, -0.2) is 4.98 Å². The number of halogens is 2. The van der Waals surface area contributed by atoms with E-state index in [0.29, 0.717) is 11.4 Å². The van der Waals surface area contributed by atoms with E-state index in [1.807, 2.05) is 30.5 Å². The topological polar surface area (TPSA) is 84.1 Å². The van der Waals surface area contributed by atoms with Crippen LogP contribution in [0, 0.1) is 0 Å². The molecular weight excluding hydrogens is 377 g/mol. The number of aromatic amines is 1. The molecule has 3 rings (SSSR count). The van der Waals surface area contributed by atoms with Crippen LogP contribution in [0.5, 0.6) is 0 Å². The van der Waals surface area contributed by atoms with Crippen LogP contribution in [0.2, 0.25) is 10.0 Å². The molecular formula is C18H15Cl2N3O3. The van der Waals surface area contributed by atoms with Crippen LogP contribution in [-0.4, -0.2) is 28.5 Å². The van der Waals surface area contributed by atoms with Crippen LogP contribution in [0.1, 0.15) is 12.0 Å². The average Bonchev–Trinajstić information content (AvgIpc) is 3.04. The maximum atomic E-state index is 11.9. The highest BCUT2D eigenvalue weighted by atomic mass is 35.5. The fourth-order valence-electron chi connectivity index (χ4n) is 2.47. The smallest absolute Gasteiger partial charge is 0.306 e. The number of esters is 1. The number of nitrogens with one attached hydrogen (secondary N) is 2. The van der Waals surface area contributed by atoms with Crippen molar-refractivity contribution in [3.8, 4) is 0 Å². The molecule has 134 valence electrons. The summed E-state index contributed by atoms with van der Waals surface area (Å²) in [6.07, 6.45) is 3.93. The number of ether oxygens (including phenoxy) is 1. The zero-order valence-corrected chi connectivity index (χ0v) is 15.1. The summed E-state index contributed by atoms with van der Waals surface area (Å²) in [6, 6.07) is 9.30. The molecule has 0 aliphatic heterocycles. The van der Waals surface area contributed by atoms with Crippen LogP contribution < -0.4 is 5.32 Å². The number of H-pyrrole nitrogens is 1. The summed E-state index contributed by atoms with van der Waals surface area (Å²) in [5.74, 6) is -0.821. The largest absolute Gasteiger partial charge is 0.456 e. The molecule has 0 fully saturated rings. The van der Waals surface area contributed by atoms with Gasteiger partial charge in [0.25, 0.3) is 5.91 Å². The van der Waals surface area contributed by atoms with Gasteiger partial charge < -0.3 is 15.0 Å². The Morgan fingerprint density at radius 2 is 2.04 bits per heavy atom. The van der Waals surface area contributed by atoms with E-state index in [1.165, 1.54) is 12.3 Å². The Morgan fingerprint density at radius 1 is 1.23 bits per heavy atom. The van der Waals surface area contributed by atoms with Gasteiger partial charge in [-0.3, -0.25) is 9.59 Å². The highest BCUT2D eigenvalue weighted by molar-refractivity contribution is 6.36. The number of benzene rings is 1. The Balaban J connectivity index is 1.47. The lowest BCUT2D eigenvalue weighted by molar-refractivity contribution is -0.147. The Hall–Kier alpha value is -2.57. The average molecular weight is 392 g/mol. The van der Waals surface area contributed by atoms with Gasteiger partial charge in [0, 0.05) is 29.7 Å². The number of para-hydroxylation sites is 1. The fraction of sp³-hybridized carbons (Fsp3) is 0.167. The monoisotopic (exact) mass is 391 g/mol. The van der Waals surface area contributed by atoms with Gasteiger partial charge >= 0.3 is 5.97 Å². The van der Waals surface area contributed by atoms with E-state index < -0.39 is 18.5 Å². The number of hydrogen-bond acceptors (Lipinski definition) is 4. The fourth-order valence-corrected chi connectivity index (χ4v) is 2.90. The second-order valence-electron chi connectivity index (χ2n) is 5.55. The molecule has 1 aromatic carbocycles. The van der Waals surface area contributed by atoms with E-state index in [9.17, 15) is 9.59 Å². The molecule has 0 aliphatic carbocycles. The molecule has 0 spiro atoms. The number of amides is 1. The van der Waals surface area contributed by atoms with E-state index >= 15 is 0 Å². The second kappa shape index (κ2) is 8.21. The predicted molar refractivity (Wildman–Crippen MR) is 100 cm³/mol. The van der Waals surface area contributed by atoms with Gasteiger partial charge in [-0.15, -0.1) is 0 Å². The predicted octanol–water partition coefficient (Wildman–Crippen LogP) is 3.98. The molecule has 0 bridgehead atoms. The Morgan fingerprint density at radius 3 is 2.85 bits per heavy atom. The van der Waals surface area contributed by atoms with Gasteiger partial charge in [-0.05, 0) is 24.1 Å². The minimum atomic E-state index is -0.526. The number of pyridine rings is 1. The number of anilines is 1. The zero-order chi connectivity index (χ0) is 18.5. The second-order valence-corrected chi connectivity index (χ2v) is 6.40. The molecule has 0 saturated carbocycles. The molecule has 1 amide bonds. The Kier molecular flexibility index (Phi) is 5.75. The number of hydrogen-bond donors (Lipinski definition) is 2. The number of carbonyl (C=O) groups is 2. The van der Waals surface area contributed by atoms with Crippen LogP contribution in [0.4, 0.5) is 5.82 Å². The summed E-state index contributed by atoms with van der Waals surface area (Å²) in [5, 5.41) is 4.10. The number of aryl methyl sites for hydroxylation is 1. The summed E-state index contributed by atoms with van der Waals surface area (Å²) in [5.41, 5.74) is 2.04. The van der Waals surface area contributed by atoms with Crippen molar-refractivity contribution in [3.63, 3.8) is 0 Å². The molecule has 0 unspecified atom stereocenters. The maximum absolute atomic E-state index is 11.9. The first-order valence-electron chi connectivity index (χ1n) is 7.84. The van der Waals surface area contributed by atoms with Crippen molar-refractivity contribution in [1.82, 2.24) is 9.97 Å². The van der Waals surface area contributed by atoms with Crippen molar-refractivity contribution in [2.75, 3.05) is 11.9 Å². The normalized spacial score (nSPS) is 10.7. The van der Waals surface area contributed by atoms with E-state index in [0.717, 1.165) is 16.5 Å². The summed E-state index contributed by atoms with van der Waals surface area (Å²) >= 11 is 11.7. The number of fused-ring (bicyclic) bond motifs is 1. The summed E-state index contributed by atoms with van der Waals surface area (Å²) in [6.45, 7) is -0.409. The first-order chi connectivity index (χ1) is 12.5. The van der Waals surface area contributed by atoms with Crippen molar-refractivity contribution in [3.05, 3.63) is 58.3 Å².